The SMILES string of the molecule is CC(C)c1cc(Oc2c(Cl)cc(C[P+](C)(O)O)cc2Cl)ccc1O. The zero-order valence-electron chi connectivity index (χ0n) is 13.6. The molecular weight excluding hydrogens is 370 g/mol. The summed E-state index contributed by atoms with van der Waals surface area (Å²) in [5.74, 6) is 1.14. The van der Waals surface area contributed by atoms with Gasteiger partial charge >= 0.3 is 0 Å². The molecular formula is C17H20Cl2O4P+. The summed E-state index contributed by atoms with van der Waals surface area (Å²) >= 11 is 12.5. The summed E-state index contributed by atoms with van der Waals surface area (Å²) < 4.78 is 5.78. The summed E-state index contributed by atoms with van der Waals surface area (Å²) in [5.41, 5.74) is 1.39. The molecule has 7 heteroatoms. The molecule has 0 radical (unpaired) electrons. The molecule has 0 unspecified atom stereocenters. The molecule has 24 heavy (non-hydrogen) atoms. The molecule has 0 bridgehead atoms. The number of hydrogen-bond donors (Lipinski definition) is 3. The highest BCUT2D eigenvalue weighted by Crippen LogP contribution is 2.50. The molecule has 130 valence electrons. The van der Waals surface area contributed by atoms with Gasteiger partial charge in [0.1, 0.15) is 24.3 Å². The molecule has 0 aliphatic carbocycles. The quantitative estimate of drug-likeness (QED) is 0.584. The Morgan fingerprint density at radius 1 is 1.08 bits per heavy atom. The lowest BCUT2D eigenvalue weighted by atomic mass is 10.0. The van der Waals surface area contributed by atoms with Crippen LogP contribution in [0.5, 0.6) is 17.2 Å². The lowest BCUT2D eigenvalue weighted by Crippen LogP contribution is -1.95. The van der Waals surface area contributed by atoms with Gasteiger partial charge in [0.15, 0.2) is 5.75 Å². The molecule has 0 atom stereocenters. The lowest BCUT2D eigenvalue weighted by molar-refractivity contribution is 0.454. The average Bonchev–Trinajstić information content (AvgIpc) is 2.42. The number of phenolic OH excluding ortho intramolecular Hbond substituents is 1. The van der Waals surface area contributed by atoms with Crippen LogP contribution in [0.3, 0.4) is 0 Å². The molecule has 0 aromatic heterocycles. The number of hydrogen-bond acceptors (Lipinski definition) is 4. The van der Waals surface area contributed by atoms with Crippen molar-refractivity contribution in [2.24, 2.45) is 0 Å². The molecule has 0 fully saturated rings. The van der Waals surface area contributed by atoms with Gasteiger partial charge in [-0.2, -0.15) is 0 Å². The highest BCUT2D eigenvalue weighted by atomic mass is 35.5. The minimum Gasteiger partial charge on any atom is -0.508 e. The molecule has 2 aromatic rings. The van der Waals surface area contributed by atoms with Gasteiger partial charge in [0.25, 0.3) is 7.72 Å². The van der Waals surface area contributed by atoms with Crippen molar-refractivity contribution in [3.8, 4) is 17.2 Å². The van der Waals surface area contributed by atoms with E-state index in [1.54, 1.807) is 30.3 Å². The van der Waals surface area contributed by atoms with Crippen LogP contribution in [-0.4, -0.2) is 21.6 Å². The molecule has 0 spiro atoms. The first kappa shape index (κ1) is 19.3. The van der Waals surface area contributed by atoms with Crippen LogP contribution < -0.4 is 4.74 Å². The average molecular weight is 390 g/mol. The third-order valence-electron chi connectivity index (χ3n) is 3.38. The maximum atomic E-state index is 9.87. The number of rotatable bonds is 5. The van der Waals surface area contributed by atoms with Gasteiger partial charge in [-0.05, 0) is 41.8 Å². The molecule has 2 rings (SSSR count). The van der Waals surface area contributed by atoms with Crippen molar-refractivity contribution in [3.63, 3.8) is 0 Å². The number of halogens is 2. The van der Waals surface area contributed by atoms with Gasteiger partial charge in [-0.25, -0.2) is 9.79 Å². The van der Waals surface area contributed by atoms with Crippen molar-refractivity contribution < 1.29 is 19.6 Å². The van der Waals surface area contributed by atoms with E-state index in [2.05, 4.69) is 0 Å². The monoisotopic (exact) mass is 389 g/mol. The normalized spacial score (nSPS) is 11.8. The van der Waals surface area contributed by atoms with Gasteiger partial charge in [0.2, 0.25) is 0 Å². The van der Waals surface area contributed by atoms with Crippen molar-refractivity contribution in [1.29, 1.82) is 0 Å². The third-order valence-corrected chi connectivity index (χ3v) is 4.91. The molecule has 0 amide bonds. The molecule has 3 N–H and O–H groups in total. The summed E-state index contributed by atoms with van der Waals surface area (Å²) in [6.07, 6.45) is 0.101. The Labute approximate surface area is 152 Å². The first-order valence-electron chi connectivity index (χ1n) is 7.36. The van der Waals surface area contributed by atoms with E-state index >= 15 is 0 Å². The van der Waals surface area contributed by atoms with Gasteiger partial charge in [0.05, 0.1) is 10.0 Å². The summed E-state index contributed by atoms with van der Waals surface area (Å²) in [6.45, 7) is 5.33. The fraction of sp³-hybridized carbons (Fsp3) is 0.294. The number of aromatic hydroxyl groups is 1. The first-order valence-corrected chi connectivity index (χ1v) is 10.4. The van der Waals surface area contributed by atoms with E-state index < -0.39 is 7.72 Å². The second-order valence-electron chi connectivity index (χ2n) is 6.11. The zero-order valence-corrected chi connectivity index (χ0v) is 16.0. The van der Waals surface area contributed by atoms with Gasteiger partial charge in [-0.1, -0.05) is 37.0 Å². The molecule has 0 saturated heterocycles. The van der Waals surface area contributed by atoms with Gasteiger partial charge in [-0.15, -0.1) is 0 Å². The van der Waals surface area contributed by atoms with Crippen LogP contribution in [-0.2, 0) is 6.16 Å². The Hall–Kier alpha value is -1.03. The maximum absolute atomic E-state index is 9.87. The Bertz CT molecular complexity index is 719. The van der Waals surface area contributed by atoms with E-state index in [1.807, 2.05) is 13.8 Å². The summed E-state index contributed by atoms with van der Waals surface area (Å²) in [7, 11) is -2.97. The van der Waals surface area contributed by atoms with Crippen LogP contribution in [0.2, 0.25) is 10.0 Å². The molecule has 0 aliphatic rings. The van der Waals surface area contributed by atoms with E-state index in [-0.39, 0.29) is 27.9 Å². The van der Waals surface area contributed by atoms with E-state index in [9.17, 15) is 14.9 Å². The fourth-order valence-electron chi connectivity index (χ4n) is 2.32. The van der Waals surface area contributed by atoms with Crippen LogP contribution in [0.1, 0.15) is 30.9 Å². The maximum Gasteiger partial charge on any atom is 0.269 e. The van der Waals surface area contributed by atoms with E-state index in [4.69, 9.17) is 27.9 Å². The van der Waals surface area contributed by atoms with Crippen LogP contribution in [0.25, 0.3) is 0 Å². The largest absolute Gasteiger partial charge is 0.508 e. The molecule has 0 heterocycles. The standard InChI is InChI=1S/C17H19Cl2O4P/c1-10(2)13-8-12(4-5-16(13)20)23-17-14(18)6-11(7-15(17)19)9-24(3,21)22/h4-8,10,21-22H,9H2,1-3H3/p+1. The second-order valence-corrected chi connectivity index (χ2v) is 9.42. The van der Waals surface area contributed by atoms with Crippen LogP contribution in [0.4, 0.5) is 0 Å². The Morgan fingerprint density at radius 2 is 1.67 bits per heavy atom. The lowest BCUT2D eigenvalue weighted by Gasteiger charge is -2.14. The Morgan fingerprint density at radius 3 is 2.17 bits per heavy atom. The van der Waals surface area contributed by atoms with Crippen LogP contribution in [0, 0.1) is 0 Å². The number of phenols is 1. The third kappa shape index (κ3) is 4.98. The van der Waals surface area contributed by atoms with E-state index in [0.29, 0.717) is 17.1 Å². The van der Waals surface area contributed by atoms with Gasteiger partial charge in [0, 0.05) is 5.56 Å². The summed E-state index contributed by atoms with van der Waals surface area (Å²) in [6, 6.07) is 8.15. The number of benzene rings is 2. The van der Waals surface area contributed by atoms with Crippen LogP contribution >= 0.6 is 30.9 Å². The van der Waals surface area contributed by atoms with Crippen molar-refractivity contribution in [2.75, 3.05) is 6.66 Å². The van der Waals surface area contributed by atoms with Gasteiger partial charge < -0.3 is 9.84 Å². The summed E-state index contributed by atoms with van der Waals surface area (Å²) in [5, 5.41) is 10.4. The van der Waals surface area contributed by atoms with Crippen LogP contribution in [0.15, 0.2) is 30.3 Å². The van der Waals surface area contributed by atoms with E-state index in [0.717, 1.165) is 5.56 Å². The first-order chi connectivity index (χ1) is 11.1. The topological polar surface area (TPSA) is 69.9 Å². The van der Waals surface area contributed by atoms with Crippen molar-refractivity contribution in [1.82, 2.24) is 0 Å². The summed E-state index contributed by atoms with van der Waals surface area (Å²) in [4.78, 5) is 19.2. The van der Waals surface area contributed by atoms with Crippen molar-refractivity contribution >= 4 is 30.9 Å². The molecule has 4 nitrogen and oxygen atoms in total. The fourth-order valence-corrected chi connectivity index (χ4v) is 3.81. The Kier molecular flexibility index (Phi) is 6.00. The molecule has 0 aliphatic heterocycles. The minimum absolute atomic E-state index is 0.101. The zero-order chi connectivity index (χ0) is 18.1. The highest BCUT2D eigenvalue weighted by molar-refractivity contribution is 7.63. The second kappa shape index (κ2) is 7.47. The minimum atomic E-state index is -2.97. The predicted octanol–water partition coefficient (Wildman–Crippen LogP) is 5.58. The van der Waals surface area contributed by atoms with Crippen molar-refractivity contribution in [3.05, 3.63) is 51.5 Å². The van der Waals surface area contributed by atoms with Gasteiger partial charge in [-0.3, -0.25) is 0 Å². The number of ether oxygens (including phenoxy) is 1. The molecule has 2 aromatic carbocycles. The predicted molar refractivity (Wildman–Crippen MR) is 99.7 cm³/mol. The van der Waals surface area contributed by atoms with E-state index in [1.165, 1.54) is 6.66 Å². The Balaban J connectivity index is 2.32. The highest BCUT2D eigenvalue weighted by Gasteiger charge is 2.26. The molecule has 0 saturated carbocycles. The smallest absolute Gasteiger partial charge is 0.269 e. The van der Waals surface area contributed by atoms with Crippen molar-refractivity contribution in [2.45, 2.75) is 25.9 Å².